The minimum absolute atomic E-state index is 0.0293. The molecule has 3 aliphatic heterocycles. The first-order chi connectivity index (χ1) is 32.5. The Morgan fingerprint density at radius 3 is 2.31 bits per heavy atom. The molecule has 6 N–H and O–H groups in total. The van der Waals surface area contributed by atoms with Crippen LogP contribution < -0.4 is 20.9 Å². The van der Waals surface area contributed by atoms with Crippen LogP contribution in [0.3, 0.4) is 0 Å². The molecule has 2 amide bonds. The minimum Gasteiger partial charge on any atom is -0.508 e. The quantitative estimate of drug-likeness (QED) is 0.0288. The van der Waals surface area contributed by atoms with Gasteiger partial charge in [0.25, 0.3) is 12.0 Å². The van der Waals surface area contributed by atoms with Crippen LogP contribution in [0.2, 0.25) is 0 Å². The third-order valence-corrected chi connectivity index (χ3v) is 13.2. The predicted octanol–water partition coefficient (Wildman–Crippen LogP) is 5.77. The van der Waals surface area contributed by atoms with Crippen LogP contribution in [-0.4, -0.2) is 117 Å². The highest BCUT2D eigenvalue weighted by Crippen LogP contribution is 2.41. The number of rotatable bonds is 14. The third kappa shape index (κ3) is 9.97. The van der Waals surface area contributed by atoms with Gasteiger partial charge in [-0.25, -0.2) is 19.5 Å². The highest BCUT2D eigenvalue weighted by molar-refractivity contribution is 6.22. The Morgan fingerprint density at radius 1 is 0.971 bits per heavy atom. The number of anilines is 1. The molecule has 0 aliphatic carbocycles. The molecule has 0 saturated carbocycles. The number of hydrogen-bond donors (Lipinski definition) is 5. The van der Waals surface area contributed by atoms with E-state index in [1.165, 1.54) is 25.0 Å². The summed E-state index contributed by atoms with van der Waals surface area (Å²) < 4.78 is 11.7. The number of aliphatic hydroxyl groups is 1. The molecule has 17 nitrogen and oxygen atoms in total. The van der Waals surface area contributed by atoms with Gasteiger partial charge >= 0.3 is 12.0 Å². The smallest absolute Gasteiger partial charge is 0.343 e. The number of cyclic esters (lactones) is 1. The summed E-state index contributed by atoms with van der Waals surface area (Å²) in [6, 6.07) is 16.3. The van der Waals surface area contributed by atoms with Crippen molar-refractivity contribution in [2.24, 2.45) is 5.73 Å². The number of phenols is 2. The van der Waals surface area contributed by atoms with Crippen molar-refractivity contribution >= 4 is 40.9 Å². The maximum Gasteiger partial charge on any atom is 0.343 e. The fourth-order valence-corrected chi connectivity index (χ4v) is 9.35. The molecule has 0 spiro atoms. The lowest BCUT2D eigenvalue weighted by Crippen LogP contribution is -2.46. The van der Waals surface area contributed by atoms with E-state index in [1.807, 2.05) is 32.9 Å². The molecule has 1 unspecified atom stereocenters. The van der Waals surface area contributed by atoms with Gasteiger partial charge in [0.15, 0.2) is 5.60 Å². The van der Waals surface area contributed by atoms with Crippen molar-refractivity contribution < 1.29 is 39.2 Å². The van der Waals surface area contributed by atoms with E-state index >= 15 is 0 Å². The number of carbonyl (C=O) groups excluding carboxylic acids is 3. The lowest BCUT2D eigenvalue weighted by atomic mass is 9.86. The predicted molar refractivity (Wildman–Crippen MR) is 259 cm³/mol. The number of aryl methyl sites for hydroxylation is 1. The maximum absolute atomic E-state index is 13.3. The number of amides is 2. The Labute approximate surface area is 395 Å². The van der Waals surface area contributed by atoms with Gasteiger partial charge in [-0.3, -0.25) is 19.9 Å². The van der Waals surface area contributed by atoms with Crippen LogP contribution in [0.15, 0.2) is 65.5 Å². The van der Waals surface area contributed by atoms with Gasteiger partial charge in [-0.05, 0) is 118 Å². The lowest BCUT2D eigenvalue weighted by molar-refractivity contribution is -0.172. The first kappa shape index (κ1) is 49.3. The second kappa shape index (κ2) is 20.7. The number of nitrogens with one attached hydrogen (secondary N) is 1. The number of aromatic nitrogens is 2. The summed E-state index contributed by atoms with van der Waals surface area (Å²) in [5, 5.41) is 41.0. The Kier molecular flexibility index (Phi) is 15.0. The van der Waals surface area contributed by atoms with E-state index < -0.39 is 17.6 Å². The number of piperazine rings is 1. The van der Waals surface area contributed by atoms with Gasteiger partial charge in [-0.2, -0.15) is 0 Å². The zero-order valence-corrected chi connectivity index (χ0v) is 39.7. The normalized spacial score (nSPS) is 16.7. The van der Waals surface area contributed by atoms with Crippen LogP contribution in [0, 0.1) is 5.41 Å². The van der Waals surface area contributed by atoms with Crippen LogP contribution in [-0.2, 0) is 46.0 Å². The molecule has 2 aromatic heterocycles. The second-order valence-electron chi connectivity index (χ2n) is 18.2. The molecule has 0 radical (unpaired) electrons. The van der Waals surface area contributed by atoms with E-state index in [0.29, 0.717) is 64.5 Å². The molecular weight excluding hydrogens is 869 g/mol. The number of nitrogens with zero attached hydrogens (tertiary/aromatic N) is 6. The minimum atomic E-state index is -1.85. The molecule has 0 bridgehead atoms. The highest BCUT2D eigenvalue weighted by Gasteiger charge is 2.45. The number of amidine groups is 1. The van der Waals surface area contributed by atoms with Gasteiger partial charge in [0.05, 0.1) is 40.3 Å². The van der Waals surface area contributed by atoms with Crippen LogP contribution in [0.4, 0.5) is 10.5 Å². The summed E-state index contributed by atoms with van der Waals surface area (Å²) in [5.74, 6) is -0.935. The first-order valence-corrected chi connectivity index (χ1v) is 23.1. The van der Waals surface area contributed by atoms with Crippen molar-refractivity contribution in [3.05, 3.63) is 110 Å². The van der Waals surface area contributed by atoms with Gasteiger partial charge in [-0.15, -0.1) is 0 Å². The number of fused-ring (bicyclic) bond motifs is 5. The average Bonchev–Trinajstić information content (AvgIpc) is 3.68. The average molecular weight is 931 g/mol. The number of aromatic hydroxyl groups is 2. The Balaban J connectivity index is 0.000000204. The largest absolute Gasteiger partial charge is 0.508 e. The number of carbonyl (C=O) groups is 3. The number of ether oxygens (including phenoxy) is 2. The van der Waals surface area contributed by atoms with Gasteiger partial charge < -0.3 is 44.9 Å². The zero-order chi connectivity index (χ0) is 49.0. The summed E-state index contributed by atoms with van der Waals surface area (Å²) in [5.41, 5.74) is 10.2. The summed E-state index contributed by atoms with van der Waals surface area (Å²) >= 11 is 0. The van der Waals surface area contributed by atoms with Gasteiger partial charge in [0.1, 0.15) is 29.7 Å². The standard InChI is InChI=1S/C28H42N6O3.C23H20N2O6/c1-20(2)23-17-24(26(36)18-25(23)35)27(29)34(28(30)37)22-9-7-21(8-10-22)19-33-15-13-32(14-16-33)12-6-5-11-31(3)4;1-3-13-14-7-12(31-11-26)5-6-18(14)24-20-15(13)9-25-19(20)8-17-16(21(25)27)10-30-22(28)23(17,29)4-2/h7-10,17-18,20,29,35-36H,5-6,11-16,19H2,1-4H3,(H2,30,37);5-8,11,29H,3-4,9-10H2,1-2H3. The molecule has 5 heterocycles. The summed E-state index contributed by atoms with van der Waals surface area (Å²) in [7, 11) is 4.23. The van der Waals surface area contributed by atoms with E-state index in [4.69, 9.17) is 25.6 Å². The third-order valence-electron chi connectivity index (χ3n) is 13.2. The van der Waals surface area contributed by atoms with Gasteiger partial charge in [0, 0.05) is 55.3 Å². The fourth-order valence-electron chi connectivity index (χ4n) is 9.35. The zero-order valence-electron chi connectivity index (χ0n) is 39.7. The van der Waals surface area contributed by atoms with Crippen molar-refractivity contribution in [2.45, 2.75) is 84.6 Å². The van der Waals surface area contributed by atoms with Crippen molar-refractivity contribution in [3.63, 3.8) is 0 Å². The topological polar surface area (TPSA) is 228 Å². The molecule has 17 heteroatoms. The van der Waals surface area contributed by atoms with Crippen molar-refractivity contribution in [2.75, 3.05) is 58.3 Å². The number of unbranched alkanes of at least 4 members (excludes halogenated alkanes) is 1. The van der Waals surface area contributed by atoms with Gasteiger partial charge in [0.2, 0.25) is 0 Å². The number of esters is 1. The molecule has 8 rings (SSSR count). The molecule has 1 fully saturated rings. The monoisotopic (exact) mass is 930 g/mol. The molecule has 3 aliphatic rings. The Bertz CT molecular complexity index is 2780. The van der Waals surface area contributed by atoms with E-state index in [1.54, 1.807) is 47.9 Å². The molecule has 68 heavy (non-hydrogen) atoms. The fraction of sp³-hybridized carbons (Fsp3) is 0.412. The van der Waals surface area contributed by atoms with Crippen LogP contribution >= 0.6 is 0 Å². The highest BCUT2D eigenvalue weighted by atomic mass is 16.6. The van der Waals surface area contributed by atoms with Gasteiger partial charge in [-0.1, -0.05) is 39.8 Å². The van der Waals surface area contributed by atoms with Crippen molar-refractivity contribution in [3.8, 4) is 28.6 Å². The number of pyridine rings is 2. The number of primary amides is 1. The molecule has 1 saturated heterocycles. The van der Waals surface area contributed by atoms with E-state index in [2.05, 4.69) is 28.8 Å². The summed E-state index contributed by atoms with van der Waals surface area (Å²) in [6.45, 7) is 15.3. The second-order valence-corrected chi connectivity index (χ2v) is 18.2. The summed E-state index contributed by atoms with van der Waals surface area (Å²) in [4.78, 5) is 61.7. The molecular formula is C51H62N8O9. The number of nitrogens with two attached hydrogens (primary N) is 1. The maximum atomic E-state index is 13.3. The number of urea groups is 1. The Hall–Kier alpha value is -6.66. The van der Waals surface area contributed by atoms with E-state index in [0.717, 1.165) is 72.8 Å². The van der Waals surface area contributed by atoms with Crippen molar-refractivity contribution in [1.29, 1.82) is 5.41 Å². The summed E-state index contributed by atoms with van der Waals surface area (Å²) in [6.07, 6.45) is 3.24. The Morgan fingerprint density at radius 2 is 1.68 bits per heavy atom. The van der Waals surface area contributed by atoms with Crippen LogP contribution in [0.1, 0.15) is 91.8 Å². The number of benzene rings is 3. The van der Waals surface area contributed by atoms with Crippen LogP contribution in [0.5, 0.6) is 17.2 Å². The lowest BCUT2D eigenvalue weighted by Gasteiger charge is -2.34. The van der Waals surface area contributed by atoms with Crippen molar-refractivity contribution in [1.82, 2.24) is 24.3 Å². The molecule has 5 aromatic rings. The van der Waals surface area contributed by atoms with E-state index in [9.17, 15) is 34.5 Å². The number of phenolic OH excluding ortho intramolecular Hbond substituents is 2. The number of hydrogen-bond acceptors (Lipinski definition) is 14. The van der Waals surface area contributed by atoms with Crippen LogP contribution in [0.25, 0.3) is 22.3 Å². The molecule has 360 valence electrons. The molecule has 3 aromatic carbocycles. The first-order valence-electron chi connectivity index (χ1n) is 23.1. The SMILES string of the molecule is CC(C)c1cc(C(=N)N(C(N)=O)c2ccc(CN3CCN(CCCCN(C)C)CC3)cc2)c(O)cc1O.CCc1c2c(nc3ccc(OC=O)cc13)-c1cc3c(c(=O)n1C2)COC(=O)C3(O)CC. The molecule has 1 atom stereocenters. The van der Waals surface area contributed by atoms with E-state index in [-0.39, 0.29) is 47.4 Å².